The van der Waals surface area contributed by atoms with Gasteiger partial charge in [0.2, 0.25) is 8.32 Å². The summed E-state index contributed by atoms with van der Waals surface area (Å²) in [5, 5.41) is 10.6. The summed E-state index contributed by atoms with van der Waals surface area (Å²) < 4.78 is 18.1. The molecule has 1 fully saturated rings. The van der Waals surface area contributed by atoms with Gasteiger partial charge in [-0.15, -0.1) is 0 Å². The van der Waals surface area contributed by atoms with Gasteiger partial charge in [0.25, 0.3) is 0 Å². The zero-order valence-corrected chi connectivity index (χ0v) is 25.3. The van der Waals surface area contributed by atoms with Crippen molar-refractivity contribution in [2.75, 3.05) is 6.61 Å². The highest BCUT2D eigenvalue weighted by molar-refractivity contribution is 6.78. The average Bonchev–Trinajstić information content (AvgIpc) is 2.80. The Hall–Kier alpha value is 0.854. The van der Waals surface area contributed by atoms with Gasteiger partial charge in [-0.2, -0.15) is 0 Å². The first-order valence-electron chi connectivity index (χ1n) is 12.0. The van der Waals surface area contributed by atoms with Crippen LogP contribution in [0.1, 0.15) is 83.1 Å². The van der Waals surface area contributed by atoms with Gasteiger partial charge in [0, 0.05) is 0 Å². The highest BCUT2D eigenvalue weighted by Gasteiger charge is 2.60. The number of aliphatic hydroxyl groups excluding tert-OH is 1. The first-order chi connectivity index (χ1) is 14.0. The Morgan fingerprint density at radius 2 is 1.10 bits per heavy atom. The lowest BCUT2D eigenvalue weighted by atomic mass is 10.2. The van der Waals surface area contributed by atoms with E-state index in [1.807, 2.05) is 0 Å². The van der Waals surface area contributed by atoms with Crippen molar-refractivity contribution in [3.05, 3.63) is 0 Å². The van der Waals surface area contributed by atoms with Gasteiger partial charge in [-0.25, -0.2) is 0 Å². The van der Waals surface area contributed by atoms with E-state index in [1.54, 1.807) is 0 Å². The molecule has 1 rings (SSSR count). The third kappa shape index (κ3) is 5.58. The predicted octanol–water partition coefficient (Wildman–Crippen LogP) is 7.63. The molecule has 0 bridgehead atoms. The molecule has 4 nitrogen and oxygen atoms in total. The summed E-state index contributed by atoms with van der Waals surface area (Å²) in [4.78, 5) is 0. The van der Waals surface area contributed by atoms with Gasteiger partial charge in [-0.1, -0.05) is 106 Å². The summed E-state index contributed by atoms with van der Waals surface area (Å²) in [6.45, 7) is 27.2. The van der Waals surface area contributed by atoms with Crippen LogP contribution in [0.25, 0.3) is 0 Å². The van der Waals surface area contributed by atoms with Crippen molar-refractivity contribution >= 4 is 39.8 Å². The zero-order chi connectivity index (χ0) is 24.5. The molecular weight excluding hydrogens is 467 g/mol. The molecule has 1 N–H and O–H groups in total. The first kappa shape index (κ1) is 29.9. The van der Waals surface area contributed by atoms with Crippen LogP contribution in [-0.4, -0.2) is 51.2 Å². The molecule has 0 aromatic heterocycles. The van der Waals surface area contributed by atoms with Crippen molar-refractivity contribution in [1.82, 2.24) is 0 Å². The maximum Gasteiger partial charge on any atom is 0.201 e. The Morgan fingerprint density at radius 1 is 0.742 bits per heavy atom. The summed E-state index contributed by atoms with van der Waals surface area (Å²) in [5.41, 5.74) is 2.45. The minimum absolute atomic E-state index is 0.336. The molecule has 0 saturated carbocycles. The summed E-state index contributed by atoms with van der Waals surface area (Å²) in [7, 11) is -4.41. The van der Waals surface area contributed by atoms with Crippen LogP contribution >= 0.6 is 23.2 Å². The molecule has 1 aliphatic heterocycles. The van der Waals surface area contributed by atoms with E-state index in [1.165, 1.54) is 0 Å². The van der Waals surface area contributed by atoms with Crippen molar-refractivity contribution in [3.63, 3.8) is 0 Å². The van der Waals surface area contributed by atoms with Crippen LogP contribution in [0, 0.1) is 0 Å². The SMILES string of the molecule is CC(C)[Si](OC[C@H]1OC(O)C(Cl)(Cl)[C@@H]1O[Si](C(C)C)(C(C)C)C(C)C)(C(C)C)C(C)C. The zero-order valence-electron chi connectivity index (χ0n) is 21.8. The van der Waals surface area contributed by atoms with E-state index in [2.05, 4.69) is 83.1 Å². The fourth-order valence-corrected chi connectivity index (χ4v) is 18.0. The molecule has 0 aromatic carbocycles. The van der Waals surface area contributed by atoms with Crippen LogP contribution < -0.4 is 0 Å². The van der Waals surface area contributed by atoms with Crippen LogP contribution in [0.5, 0.6) is 0 Å². The van der Waals surface area contributed by atoms with Crippen LogP contribution in [0.3, 0.4) is 0 Å². The van der Waals surface area contributed by atoms with Gasteiger partial charge in [0.1, 0.15) is 12.2 Å². The molecule has 8 heteroatoms. The summed E-state index contributed by atoms with van der Waals surface area (Å²) >= 11 is 13.4. The highest BCUT2D eigenvalue weighted by Crippen LogP contribution is 2.50. The summed E-state index contributed by atoms with van der Waals surface area (Å²) in [6.07, 6.45) is -2.44. The smallest absolute Gasteiger partial charge is 0.201 e. The molecule has 31 heavy (non-hydrogen) atoms. The monoisotopic (exact) mass is 514 g/mol. The number of rotatable bonds is 11. The fourth-order valence-electron chi connectivity index (χ4n) is 6.35. The van der Waals surface area contributed by atoms with Crippen molar-refractivity contribution in [2.24, 2.45) is 0 Å². The van der Waals surface area contributed by atoms with E-state index in [-0.39, 0.29) is 0 Å². The number of ether oxygens (including phenoxy) is 1. The molecule has 1 saturated heterocycles. The third-order valence-electron chi connectivity index (χ3n) is 7.59. The third-order valence-corrected chi connectivity index (χ3v) is 20.6. The minimum atomic E-state index is -2.30. The van der Waals surface area contributed by atoms with Crippen molar-refractivity contribution in [1.29, 1.82) is 0 Å². The number of hydrogen-bond acceptors (Lipinski definition) is 4. The number of alkyl halides is 2. The van der Waals surface area contributed by atoms with Gasteiger partial charge in [-0.3, -0.25) is 0 Å². The van der Waals surface area contributed by atoms with Gasteiger partial charge in [0.05, 0.1) is 6.61 Å². The Labute approximate surface area is 204 Å². The Bertz CT molecular complexity index is 524. The molecular formula is C23H48Cl2O4Si2. The van der Waals surface area contributed by atoms with E-state index in [9.17, 15) is 5.11 Å². The second-order valence-electron chi connectivity index (χ2n) is 11.2. The van der Waals surface area contributed by atoms with Crippen LogP contribution in [0.2, 0.25) is 33.2 Å². The largest absolute Gasteiger partial charge is 0.413 e. The maximum atomic E-state index is 10.6. The van der Waals surface area contributed by atoms with Gasteiger partial charge >= 0.3 is 0 Å². The number of halogens is 2. The predicted molar refractivity (Wildman–Crippen MR) is 138 cm³/mol. The second kappa shape index (κ2) is 11.1. The lowest BCUT2D eigenvalue weighted by Crippen LogP contribution is -2.56. The molecule has 1 heterocycles. The molecule has 3 atom stereocenters. The lowest BCUT2D eigenvalue weighted by Gasteiger charge is -2.46. The van der Waals surface area contributed by atoms with E-state index in [0.717, 1.165) is 0 Å². The van der Waals surface area contributed by atoms with Crippen molar-refractivity contribution in [2.45, 2.75) is 139 Å². The highest BCUT2D eigenvalue weighted by atomic mass is 35.5. The molecule has 186 valence electrons. The van der Waals surface area contributed by atoms with Gasteiger partial charge in [0.15, 0.2) is 18.9 Å². The van der Waals surface area contributed by atoms with Gasteiger partial charge < -0.3 is 18.7 Å². The van der Waals surface area contributed by atoms with Crippen molar-refractivity contribution in [3.8, 4) is 0 Å². The molecule has 0 radical (unpaired) electrons. The topological polar surface area (TPSA) is 47.9 Å². The lowest BCUT2D eigenvalue weighted by molar-refractivity contribution is -0.107. The first-order valence-corrected chi connectivity index (χ1v) is 17.1. The molecule has 0 aromatic rings. The summed E-state index contributed by atoms with van der Waals surface area (Å²) in [5.74, 6) is 0. The Balaban J connectivity index is 3.32. The van der Waals surface area contributed by atoms with E-state index >= 15 is 0 Å². The Kier molecular flexibility index (Phi) is 10.7. The quantitative estimate of drug-likeness (QED) is 0.227. The average molecular weight is 516 g/mol. The van der Waals surface area contributed by atoms with Gasteiger partial charge in [-0.05, 0) is 33.2 Å². The van der Waals surface area contributed by atoms with E-state index in [4.69, 9.17) is 36.8 Å². The normalized spacial score (nSPS) is 25.3. The summed E-state index contributed by atoms with van der Waals surface area (Å²) in [6, 6.07) is 0. The van der Waals surface area contributed by atoms with Crippen LogP contribution in [-0.2, 0) is 13.6 Å². The van der Waals surface area contributed by atoms with E-state index in [0.29, 0.717) is 39.9 Å². The molecule has 0 aliphatic carbocycles. The Morgan fingerprint density at radius 3 is 1.42 bits per heavy atom. The molecule has 1 aliphatic rings. The maximum absolute atomic E-state index is 10.6. The van der Waals surface area contributed by atoms with Crippen LogP contribution in [0.15, 0.2) is 0 Å². The number of hydrogen-bond donors (Lipinski definition) is 1. The van der Waals surface area contributed by atoms with Crippen molar-refractivity contribution < 1.29 is 18.7 Å². The number of aliphatic hydroxyl groups is 1. The fraction of sp³-hybridized carbons (Fsp3) is 1.00. The molecule has 0 spiro atoms. The van der Waals surface area contributed by atoms with Crippen LogP contribution in [0.4, 0.5) is 0 Å². The van der Waals surface area contributed by atoms with E-state index < -0.39 is 39.5 Å². The minimum Gasteiger partial charge on any atom is -0.413 e. The molecule has 1 unspecified atom stereocenters. The molecule has 0 amide bonds. The standard InChI is InChI=1S/C23H48Cl2O4Si2/c1-14(2)30(15(3)4,16(5)6)27-13-20-21(23(24,25)22(26)28-20)29-31(17(7)8,18(9)10)19(11)12/h14-22,26H,13H2,1-12H3/t20-,21-,22?/m1/s1. The second-order valence-corrected chi connectivity index (χ2v) is 23.5.